The van der Waals surface area contributed by atoms with Crippen LogP contribution in [0.2, 0.25) is 0 Å². The Morgan fingerprint density at radius 1 is 1.41 bits per heavy atom. The molecule has 0 aliphatic carbocycles. The number of alkyl halides is 1. The van der Waals surface area contributed by atoms with E-state index >= 15 is 0 Å². The predicted octanol–water partition coefficient (Wildman–Crippen LogP) is 0.743. The molecular formula is C11H12ClNO4. The highest BCUT2D eigenvalue weighted by atomic mass is 35.5. The highest BCUT2D eigenvalue weighted by Crippen LogP contribution is 2.12. The molecule has 0 spiro atoms. The van der Waals surface area contributed by atoms with E-state index in [2.05, 4.69) is 5.32 Å². The molecule has 1 aromatic carbocycles. The van der Waals surface area contributed by atoms with Gasteiger partial charge in [-0.1, -0.05) is 12.1 Å². The minimum Gasteiger partial charge on any atom is -0.508 e. The Kier molecular flexibility index (Phi) is 4.78. The van der Waals surface area contributed by atoms with Gasteiger partial charge >= 0.3 is 5.97 Å². The number of amides is 1. The van der Waals surface area contributed by atoms with Crippen molar-refractivity contribution in [2.45, 2.75) is 12.5 Å². The van der Waals surface area contributed by atoms with Crippen LogP contribution in [0.15, 0.2) is 24.3 Å². The molecule has 0 aliphatic heterocycles. The van der Waals surface area contributed by atoms with E-state index in [9.17, 15) is 14.7 Å². The van der Waals surface area contributed by atoms with Gasteiger partial charge in [-0.15, -0.1) is 11.6 Å². The van der Waals surface area contributed by atoms with Crippen LogP contribution >= 0.6 is 11.6 Å². The quantitative estimate of drug-likeness (QED) is 0.679. The molecule has 92 valence electrons. The van der Waals surface area contributed by atoms with E-state index in [1.54, 1.807) is 12.1 Å². The van der Waals surface area contributed by atoms with E-state index in [4.69, 9.17) is 16.7 Å². The van der Waals surface area contributed by atoms with Gasteiger partial charge in [0.25, 0.3) is 0 Å². The number of phenolic OH excluding ortho intramolecular Hbond substituents is 1. The van der Waals surface area contributed by atoms with E-state index in [1.807, 2.05) is 0 Å². The van der Waals surface area contributed by atoms with Gasteiger partial charge in [-0.25, -0.2) is 4.79 Å². The number of phenols is 1. The molecule has 1 rings (SSSR count). The number of nitrogens with one attached hydrogen (secondary N) is 1. The summed E-state index contributed by atoms with van der Waals surface area (Å²) in [5.41, 5.74) is 0.618. The molecule has 0 aliphatic rings. The number of hydrogen-bond acceptors (Lipinski definition) is 3. The van der Waals surface area contributed by atoms with E-state index in [0.717, 1.165) is 0 Å². The summed E-state index contributed by atoms with van der Waals surface area (Å²) in [4.78, 5) is 21.9. The maximum atomic E-state index is 11.0. The van der Waals surface area contributed by atoms with Gasteiger partial charge in [-0.2, -0.15) is 0 Å². The fourth-order valence-corrected chi connectivity index (χ4v) is 1.43. The standard InChI is InChI=1S/C11H12ClNO4/c12-6-10(15)13-9(11(16)17)5-7-2-1-3-8(14)4-7/h1-4,9,14H,5-6H2,(H,13,15)(H,16,17). The van der Waals surface area contributed by atoms with Crippen LogP contribution in [0.4, 0.5) is 0 Å². The van der Waals surface area contributed by atoms with Crippen molar-refractivity contribution >= 4 is 23.5 Å². The van der Waals surface area contributed by atoms with Gasteiger partial charge in [0.2, 0.25) is 5.91 Å². The smallest absolute Gasteiger partial charge is 0.326 e. The molecule has 0 fully saturated rings. The average molecular weight is 258 g/mol. The summed E-state index contributed by atoms with van der Waals surface area (Å²) in [5, 5.41) is 20.4. The van der Waals surface area contributed by atoms with E-state index < -0.39 is 17.9 Å². The molecule has 1 unspecified atom stereocenters. The number of rotatable bonds is 5. The second-order valence-corrected chi connectivity index (χ2v) is 3.73. The van der Waals surface area contributed by atoms with Gasteiger partial charge < -0.3 is 15.5 Å². The van der Waals surface area contributed by atoms with Crippen molar-refractivity contribution in [1.82, 2.24) is 5.32 Å². The first-order chi connectivity index (χ1) is 8.02. The number of aromatic hydroxyl groups is 1. The normalized spacial score (nSPS) is 11.8. The van der Waals surface area contributed by atoms with Crippen molar-refractivity contribution in [3.63, 3.8) is 0 Å². The van der Waals surface area contributed by atoms with Crippen molar-refractivity contribution in [2.75, 3.05) is 5.88 Å². The van der Waals surface area contributed by atoms with Crippen LogP contribution in [0.25, 0.3) is 0 Å². The van der Waals surface area contributed by atoms with Crippen molar-refractivity contribution in [2.24, 2.45) is 0 Å². The maximum absolute atomic E-state index is 11.0. The molecule has 1 aromatic rings. The zero-order chi connectivity index (χ0) is 12.8. The second-order valence-electron chi connectivity index (χ2n) is 3.47. The number of benzene rings is 1. The lowest BCUT2D eigenvalue weighted by atomic mass is 10.1. The SMILES string of the molecule is O=C(CCl)NC(Cc1cccc(O)c1)C(=O)O. The summed E-state index contributed by atoms with van der Waals surface area (Å²) in [7, 11) is 0. The number of carbonyl (C=O) groups is 2. The molecule has 0 saturated heterocycles. The topological polar surface area (TPSA) is 86.6 Å². The van der Waals surface area contributed by atoms with Crippen molar-refractivity contribution in [3.05, 3.63) is 29.8 Å². The Morgan fingerprint density at radius 2 is 2.12 bits per heavy atom. The summed E-state index contributed by atoms with van der Waals surface area (Å²) in [6, 6.07) is 5.15. The van der Waals surface area contributed by atoms with Gasteiger partial charge in [0, 0.05) is 6.42 Å². The minimum atomic E-state index is -1.15. The maximum Gasteiger partial charge on any atom is 0.326 e. The molecule has 0 bridgehead atoms. The third-order valence-corrected chi connectivity index (χ3v) is 2.35. The van der Waals surface area contributed by atoms with E-state index in [-0.39, 0.29) is 18.1 Å². The van der Waals surface area contributed by atoms with Gasteiger partial charge in [0.05, 0.1) is 0 Å². The molecule has 0 heterocycles. The van der Waals surface area contributed by atoms with E-state index in [1.165, 1.54) is 12.1 Å². The van der Waals surface area contributed by atoms with Crippen molar-refractivity contribution in [1.29, 1.82) is 0 Å². The number of halogens is 1. The molecule has 0 aromatic heterocycles. The van der Waals surface area contributed by atoms with Crippen LogP contribution in [0, 0.1) is 0 Å². The molecule has 1 amide bonds. The number of carbonyl (C=O) groups excluding carboxylic acids is 1. The Bertz CT molecular complexity index is 422. The fourth-order valence-electron chi connectivity index (χ4n) is 1.35. The largest absolute Gasteiger partial charge is 0.508 e. The molecule has 3 N–H and O–H groups in total. The van der Waals surface area contributed by atoms with Crippen LogP contribution in [0.3, 0.4) is 0 Å². The number of carboxylic acids is 1. The molecule has 5 nitrogen and oxygen atoms in total. The van der Waals surface area contributed by atoms with Gasteiger partial charge in [-0.05, 0) is 17.7 Å². The van der Waals surface area contributed by atoms with Gasteiger partial charge in [0.15, 0.2) is 0 Å². The highest BCUT2D eigenvalue weighted by Gasteiger charge is 2.19. The summed E-state index contributed by atoms with van der Waals surface area (Å²) < 4.78 is 0. The first-order valence-electron chi connectivity index (χ1n) is 4.89. The van der Waals surface area contributed by atoms with Crippen LogP contribution in [0.5, 0.6) is 5.75 Å². The second kappa shape index (κ2) is 6.10. The van der Waals surface area contributed by atoms with Crippen molar-refractivity contribution in [3.8, 4) is 5.75 Å². The first-order valence-corrected chi connectivity index (χ1v) is 5.42. The third-order valence-electron chi connectivity index (χ3n) is 2.11. The third kappa shape index (κ3) is 4.32. The molecular weight excluding hydrogens is 246 g/mol. The Hall–Kier alpha value is -1.75. The van der Waals surface area contributed by atoms with Crippen LogP contribution in [-0.2, 0) is 16.0 Å². The fraction of sp³-hybridized carbons (Fsp3) is 0.273. The summed E-state index contributed by atoms with van der Waals surface area (Å²) >= 11 is 5.28. The van der Waals surface area contributed by atoms with E-state index in [0.29, 0.717) is 5.56 Å². The predicted molar refractivity (Wildman–Crippen MR) is 62.1 cm³/mol. The lowest BCUT2D eigenvalue weighted by molar-refractivity contribution is -0.141. The highest BCUT2D eigenvalue weighted by molar-refractivity contribution is 6.27. The zero-order valence-corrected chi connectivity index (χ0v) is 9.65. The molecule has 0 radical (unpaired) electrons. The number of hydrogen-bond donors (Lipinski definition) is 3. The van der Waals surface area contributed by atoms with Crippen LogP contribution in [-0.4, -0.2) is 34.0 Å². The van der Waals surface area contributed by atoms with Crippen LogP contribution in [0.1, 0.15) is 5.56 Å². The van der Waals surface area contributed by atoms with Crippen molar-refractivity contribution < 1.29 is 19.8 Å². The Balaban J connectivity index is 2.73. The molecule has 6 heteroatoms. The van der Waals surface area contributed by atoms with Gasteiger partial charge in [0.1, 0.15) is 17.7 Å². The monoisotopic (exact) mass is 257 g/mol. The lowest BCUT2D eigenvalue weighted by Crippen LogP contribution is -2.42. The van der Waals surface area contributed by atoms with Crippen LogP contribution < -0.4 is 5.32 Å². The number of aliphatic carboxylic acids is 1. The average Bonchev–Trinajstić information content (AvgIpc) is 2.27. The van der Waals surface area contributed by atoms with Gasteiger partial charge in [-0.3, -0.25) is 4.79 Å². The number of carboxylic acid groups (broad SMARTS) is 1. The first kappa shape index (κ1) is 13.3. The summed E-state index contributed by atoms with van der Waals surface area (Å²) in [6.07, 6.45) is 0.0896. The molecule has 0 saturated carbocycles. The Labute approximate surface area is 103 Å². The summed E-state index contributed by atoms with van der Waals surface area (Å²) in [5.74, 6) is -1.93. The molecule has 1 atom stereocenters. The Morgan fingerprint density at radius 3 is 2.65 bits per heavy atom. The zero-order valence-electron chi connectivity index (χ0n) is 8.89. The lowest BCUT2D eigenvalue weighted by Gasteiger charge is -2.13. The minimum absolute atomic E-state index is 0.0512. The summed E-state index contributed by atoms with van der Waals surface area (Å²) in [6.45, 7) is 0. The molecule has 17 heavy (non-hydrogen) atoms.